The van der Waals surface area contributed by atoms with Crippen LogP contribution in [0.3, 0.4) is 0 Å². The van der Waals surface area contributed by atoms with Crippen molar-refractivity contribution in [3.63, 3.8) is 0 Å². The Hall–Kier alpha value is -2.15. The molecule has 1 aromatic carbocycles. The minimum atomic E-state index is -3.27. The summed E-state index contributed by atoms with van der Waals surface area (Å²) in [5, 5.41) is 1.98. The molecule has 0 bridgehead atoms. The van der Waals surface area contributed by atoms with Crippen LogP contribution in [-0.2, 0) is 11.3 Å². The van der Waals surface area contributed by atoms with Gasteiger partial charge in [-0.25, -0.2) is 4.79 Å². The number of amides is 3. The van der Waals surface area contributed by atoms with Crippen molar-refractivity contribution in [3.05, 3.63) is 35.9 Å². The number of carbonyl (C=O) groups is 2. The van der Waals surface area contributed by atoms with Gasteiger partial charge in [0.15, 0.2) is 0 Å². The van der Waals surface area contributed by atoms with E-state index in [1.54, 1.807) is 0 Å². The summed E-state index contributed by atoms with van der Waals surface area (Å²) < 4.78 is 28.3. The average Bonchev–Trinajstić information content (AvgIpc) is 2.41. The Bertz CT molecular complexity index is 616. The fourth-order valence-electron chi connectivity index (χ4n) is 2.68. The largest absolute Gasteiger partial charge is 0.347 e. The standard InChI is InChI=1S/C14H13F2N3O2/c15-14(16)8-19(6-9-4-2-1-3-5-9)7-10-11(14)17-13(21)18-12(10)20/h1-5,10H,6-8H2,(H,18,20,21). The first-order valence-corrected chi connectivity index (χ1v) is 6.54. The van der Waals surface area contributed by atoms with Crippen molar-refractivity contribution in [1.82, 2.24) is 10.2 Å². The van der Waals surface area contributed by atoms with E-state index < -0.39 is 36.0 Å². The van der Waals surface area contributed by atoms with Crippen molar-refractivity contribution in [2.24, 2.45) is 10.9 Å². The summed E-state index contributed by atoms with van der Waals surface area (Å²) in [4.78, 5) is 27.7. The van der Waals surface area contributed by atoms with Crippen LogP contribution in [0, 0.1) is 5.92 Å². The van der Waals surface area contributed by atoms with E-state index in [1.165, 1.54) is 4.90 Å². The van der Waals surface area contributed by atoms with Crippen LogP contribution in [0.25, 0.3) is 0 Å². The number of aliphatic imine (C=N–C) groups is 1. The Morgan fingerprint density at radius 2 is 2.00 bits per heavy atom. The summed E-state index contributed by atoms with van der Waals surface area (Å²) in [7, 11) is 0. The van der Waals surface area contributed by atoms with Crippen molar-refractivity contribution in [1.29, 1.82) is 0 Å². The maximum absolute atomic E-state index is 14.1. The summed E-state index contributed by atoms with van der Waals surface area (Å²) in [5.74, 6) is -5.05. The van der Waals surface area contributed by atoms with E-state index in [1.807, 2.05) is 35.6 Å². The number of fused-ring (bicyclic) bond motifs is 1. The van der Waals surface area contributed by atoms with Gasteiger partial charge in [0.1, 0.15) is 5.71 Å². The average molecular weight is 293 g/mol. The zero-order valence-electron chi connectivity index (χ0n) is 11.1. The number of nitrogens with zero attached hydrogens (tertiary/aromatic N) is 2. The van der Waals surface area contributed by atoms with Gasteiger partial charge in [0, 0.05) is 13.1 Å². The molecule has 0 saturated carbocycles. The van der Waals surface area contributed by atoms with Gasteiger partial charge in [0.05, 0.1) is 12.5 Å². The lowest BCUT2D eigenvalue weighted by molar-refractivity contribution is -0.124. The highest BCUT2D eigenvalue weighted by Crippen LogP contribution is 2.31. The molecule has 3 amide bonds. The number of hydrogen-bond donors (Lipinski definition) is 1. The number of rotatable bonds is 2. The summed E-state index contributed by atoms with van der Waals surface area (Å²) in [6.07, 6.45) is 0. The normalized spacial score (nSPS) is 25.0. The lowest BCUT2D eigenvalue weighted by Gasteiger charge is -2.39. The highest BCUT2D eigenvalue weighted by atomic mass is 19.3. The quantitative estimate of drug-likeness (QED) is 0.897. The Morgan fingerprint density at radius 1 is 1.29 bits per heavy atom. The first-order valence-electron chi connectivity index (χ1n) is 6.54. The molecule has 1 N–H and O–H groups in total. The van der Waals surface area contributed by atoms with E-state index in [0.717, 1.165) is 5.56 Å². The number of urea groups is 1. The maximum Gasteiger partial charge on any atom is 0.347 e. The van der Waals surface area contributed by atoms with E-state index >= 15 is 0 Å². The van der Waals surface area contributed by atoms with E-state index in [0.29, 0.717) is 6.54 Å². The fourth-order valence-corrected chi connectivity index (χ4v) is 2.68. The summed E-state index contributed by atoms with van der Waals surface area (Å²) in [6, 6.07) is 8.17. The summed E-state index contributed by atoms with van der Waals surface area (Å²) in [6.45, 7) is -0.0956. The zero-order chi connectivity index (χ0) is 15.0. The predicted octanol–water partition coefficient (Wildman–Crippen LogP) is 1.44. The van der Waals surface area contributed by atoms with Gasteiger partial charge in [-0.2, -0.15) is 13.8 Å². The molecule has 3 rings (SSSR count). The Kier molecular flexibility index (Phi) is 3.29. The molecule has 1 saturated heterocycles. The second kappa shape index (κ2) is 5.00. The van der Waals surface area contributed by atoms with Gasteiger partial charge >= 0.3 is 6.03 Å². The molecule has 0 aromatic heterocycles. The second-order valence-electron chi connectivity index (χ2n) is 5.20. The van der Waals surface area contributed by atoms with Crippen LogP contribution in [0.1, 0.15) is 5.56 Å². The number of imide groups is 1. The lowest BCUT2D eigenvalue weighted by atomic mass is 9.90. The molecular weight excluding hydrogens is 280 g/mol. The van der Waals surface area contributed by atoms with Crippen LogP contribution in [0.4, 0.5) is 13.6 Å². The fraction of sp³-hybridized carbons (Fsp3) is 0.357. The third-order valence-corrected chi connectivity index (χ3v) is 3.59. The maximum atomic E-state index is 14.1. The number of hydrogen-bond acceptors (Lipinski definition) is 3. The molecule has 21 heavy (non-hydrogen) atoms. The number of alkyl halides is 2. The molecule has 1 atom stereocenters. The topological polar surface area (TPSA) is 61.8 Å². The molecule has 5 nitrogen and oxygen atoms in total. The van der Waals surface area contributed by atoms with Crippen molar-refractivity contribution in [2.75, 3.05) is 13.1 Å². The third kappa shape index (κ3) is 2.69. The van der Waals surface area contributed by atoms with Gasteiger partial charge in [-0.1, -0.05) is 30.3 Å². The first kappa shape index (κ1) is 13.8. The number of piperidine rings is 1. The van der Waals surface area contributed by atoms with Gasteiger partial charge in [-0.15, -0.1) is 0 Å². The van der Waals surface area contributed by atoms with E-state index in [4.69, 9.17) is 0 Å². The molecule has 2 aliphatic rings. The molecule has 110 valence electrons. The Balaban J connectivity index is 1.84. The minimum absolute atomic E-state index is 0.127. The Labute approximate surface area is 119 Å². The number of likely N-dealkylation sites (tertiary alicyclic amines) is 1. The van der Waals surface area contributed by atoms with Gasteiger partial charge < -0.3 is 0 Å². The van der Waals surface area contributed by atoms with Crippen molar-refractivity contribution in [3.8, 4) is 0 Å². The van der Waals surface area contributed by atoms with E-state index in [9.17, 15) is 18.4 Å². The van der Waals surface area contributed by atoms with Crippen LogP contribution < -0.4 is 5.32 Å². The second-order valence-corrected chi connectivity index (χ2v) is 5.20. The van der Waals surface area contributed by atoms with Crippen molar-refractivity contribution in [2.45, 2.75) is 12.5 Å². The minimum Gasteiger partial charge on any atom is -0.292 e. The van der Waals surface area contributed by atoms with Crippen LogP contribution >= 0.6 is 0 Å². The Morgan fingerprint density at radius 3 is 2.71 bits per heavy atom. The smallest absolute Gasteiger partial charge is 0.292 e. The number of carbonyl (C=O) groups excluding carboxylic acids is 2. The molecule has 1 fully saturated rings. The first-order chi connectivity index (χ1) is 9.95. The highest BCUT2D eigenvalue weighted by molar-refractivity contribution is 6.19. The van der Waals surface area contributed by atoms with Crippen molar-refractivity contribution >= 4 is 17.6 Å². The summed E-state index contributed by atoms with van der Waals surface area (Å²) in [5.41, 5.74) is 0.279. The van der Waals surface area contributed by atoms with Crippen molar-refractivity contribution < 1.29 is 18.4 Å². The molecule has 2 heterocycles. The predicted molar refractivity (Wildman–Crippen MR) is 71.1 cm³/mol. The van der Waals surface area contributed by atoms with Gasteiger partial charge in [0.2, 0.25) is 5.91 Å². The molecule has 0 radical (unpaired) electrons. The molecular formula is C14H13F2N3O2. The molecule has 7 heteroatoms. The van der Waals surface area contributed by atoms with Crippen LogP contribution in [0.15, 0.2) is 35.3 Å². The zero-order valence-corrected chi connectivity index (χ0v) is 11.1. The number of nitrogens with one attached hydrogen (secondary N) is 1. The van der Waals surface area contributed by atoms with Gasteiger partial charge in [0.25, 0.3) is 5.92 Å². The van der Waals surface area contributed by atoms with E-state index in [2.05, 4.69) is 4.99 Å². The lowest BCUT2D eigenvalue weighted by Crippen LogP contribution is -2.60. The van der Waals surface area contributed by atoms with E-state index in [-0.39, 0.29) is 6.54 Å². The molecule has 1 unspecified atom stereocenters. The van der Waals surface area contributed by atoms with Crippen LogP contribution in [-0.4, -0.2) is 41.6 Å². The highest BCUT2D eigenvalue weighted by Gasteiger charge is 2.51. The molecule has 0 aliphatic carbocycles. The van der Waals surface area contributed by atoms with Gasteiger partial charge in [-0.05, 0) is 5.56 Å². The number of halogens is 2. The number of benzene rings is 1. The van der Waals surface area contributed by atoms with Crippen LogP contribution in [0.5, 0.6) is 0 Å². The SMILES string of the molecule is O=C1N=C2C(CN(Cc3ccccc3)CC2(F)F)C(=O)N1. The third-order valence-electron chi connectivity index (χ3n) is 3.59. The molecule has 0 spiro atoms. The van der Waals surface area contributed by atoms with Gasteiger partial charge in [-0.3, -0.25) is 15.0 Å². The molecule has 2 aliphatic heterocycles. The summed E-state index contributed by atoms with van der Waals surface area (Å²) >= 11 is 0. The monoisotopic (exact) mass is 293 g/mol. The van der Waals surface area contributed by atoms with Crippen LogP contribution in [0.2, 0.25) is 0 Å². The molecule has 1 aromatic rings.